The van der Waals surface area contributed by atoms with Gasteiger partial charge < -0.3 is 13.8 Å². The molecule has 5 nitrogen and oxygen atoms in total. The van der Waals surface area contributed by atoms with E-state index in [1.165, 1.54) is 0 Å². The molecule has 0 amide bonds. The highest BCUT2D eigenvalue weighted by Crippen LogP contribution is 2.47. The van der Waals surface area contributed by atoms with E-state index in [0.717, 1.165) is 0 Å². The molecule has 0 saturated heterocycles. The van der Waals surface area contributed by atoms with Crippen LogP contribution in [0.5, 0.6) is 0 Å². The molecule has 0 N–H and O–H groups in total. The van der Waals surface area contributed by atoms with Crippen molar-refractivity contribution in [2.45, 2.75) is 20.3 Å². The Labute approximate surface area is 96.0 Å². The summed E-state index contributed by atoms with van der Waals surface area (Å²) in [6.45, 7) is 3.90. The molecule has 0 radical (unpaired) electrons. The summed E-state index contributed by atoms with van der Waals surface area (Å²) in [5, 5.41) is 0. The second-order valence-corrected chi connectivity index (χ2v) is 4.83. The molecular weight excluding hydrogens is 231 g/mol. The lowest BCUT2D eigenvalue weighted by Gasteiger charge is -2.15. The minimum atomic E-state index is -3.35. The van der Waals surface area contributed by atoms with E-state index in [4.69, 9.17) is 20.2 Å². The van der Waals surface area contributed by atoms with Crippen LogP contribution in [0.25, 0.3) is 0 Å². The Bertz CT molecular complexity index is 284. The van der Waals surface area contributed by atoms with Crippen molar-refractivity contribution in [3.63, 3.8) is 0 Å². The topological polar surface area (TPSA) is 61.8 Å². The van der Waals surface area contributed by atoms with Crippen LogP contribution >= 0.6 is 7.60 Å². The van der Waals surface area contributed by atoms with Crippen molar-refractivity contribution in [2.75, 3.05) is 26.0 Å². The van der Waals surface area contributed by atoms with E-state index in [1.54, 1.807) is 13.8 Å². The van der Waals surface area contributed by atoms with Gasteiger partial charge in [0.1, 0.15) is 12.8 Å². The SMILES string of the molecule is C#CCCOC(=O)CP(=O)(OCC)OCC. The van der Waals surface area contributed by atoms with E-state index in [1.807, 2.05) is 0 Å². The molecule has 0 aromatic rings. The first-order valence-corrected chi connectivity index (χ1v) is 6.78. The lowest BCUT2D eigenvalue weighted by Crippen LogP contribution is -2.13. The third kappa shape index (κ3) is 6.62. The van der Waals surface area contributed by atoms with Crippen LogP contribution in [0.3, 0.4) is 0 Å². The molecule has 0 aliphatic rings. The molecule has 0 aromatic carbocycles. The Morgan fingerprint density at radius 2 is 1.88 bits per heavy atom. The number of terminal acetylenes is 1. The molecule has 0 rings (SSSR count). The number of ether oxygens (including phenoxy) is 1. The van der Waals surface area contributed by atoms with E-state index in [0.29, 0.717) is 6.42 Å². The Kier molecular flexibility index (Phi) is 7.92. The standard InChI is InChI=1S/C10H17O5P/c1-4-7-8-13-10(11)9-16(12,14-5-2)15-6-3/h1H,5-9H2,2-3H3. The average molecular weight is 248 g/mol. The number of rotatable bonds is 8. The van der Waals surface area contributed by atoms with Crippen molar-refractivity contribution in [1.82, 2.24) is 0 Å². The monoisotopic (exact) mass is 248 g/mol. The average Bonchev–Trinajstić information content (AvgIpc) is 2.18. The lowest BCUT2D eigenvalue weighted by molar-refractivity contribution is -0.140. The zero-order valence-electron chi connectivity index (χ0n) is 9.60. The van der Waals surface area contributed by atoms with Crippen LogP contribution in [0, 0.1) is 12.3 Å². The molecule has 0 bridgehead atoms. The zero-order valence-corrected chi connectivity index (χ0v) is 10.5. The Balaban J connectivity index is 4.14. The number of esters is 1. The first-order chi connectivity index (χ1) is 7.58. The molecule has 0 unspecified atom stereocenters. The van der Waals surface area contributed by atoms with Crippen LogP contribution in [0.1, 0.15) is 20.3 Å². The number of hydrogen-bond acceptors (Lipinski definition) is 5. The van der Waals surface area contributed by atoms with E-state index in [-0.39, 0.29) is 26.0 Å². The van der Waals surface area contributed by atoms with Crippen molar-refractivity contribution >= 4 is 13.6 Å². The molecule has 16 heavy (non-hydrogen) atoms. The summed E-state index contributed by atoms with van der Waals surface area (Å²) < 4.78 is 26.5. The molecule has 0 aliphatic heterocycles. The van der Waals surface area contributed by atoms with Crippen LogP contribution in [0.4, 0.5) is 0 Å². The summed E-state index contributed by atoms with van der Waals surface area (Å²) in [5.41, 5.74) is 0. The number of hydrogen-bond donors (Lipinski definition) is 0. The van der Waals surface area contributed by atoms with Crippen LogP contribution in [0.15, 0.2) is 0 Å². The van der Waals surface area contributed by atoms with Crippen molar-refractivity contribution in [2.24, 2.45) is 0 Å². The minimum absolute atomic E-state index is 0.119. The van der Waals surface area contributed by atoms with Crippen LogP contribution in [-0.4, -0.2) is 32.0 Å². The fourth-order valence-corrected chi connectivity index (χ4v) is 2.40. The van der Waals surface area contributed by atoms with Crippen LogP contribution in [0.2, 0.25) is 0 Å². The molecular formula is C10H17O5P. The zero-order chi connectivity index (χ0) is 12.4. The molecule has 0 fully saturated rings. The Morgan fingerprint density at radius 1 is 1.31 bits per heavy atom. The maximum Gasteiger partial charge on any atom is 0.341 e. The second kappa shape index (κ2) is 8.35. The normalized spacial score (nSPS) is 10.8. The van der Waals surface area contributed by atoms with Gasteiger partial charge in [-0.1, -0.05) is 0 Å². The second-order valence-electron chi connectivity index (χ2n) is 2.78. The van der Waals surface area contributed by atoms with Gasteiger partial charge in [-0.15, -0.1) is 12.3 Å². The molecule has 0 aromatic heterocycles. The number of carbonyl (C=O) groups excluding carboxylic acids is 1. The fourth-order valence-electron chi connectivity index (χ4n) is 0.949. The smallest absolute Gasteiger partial charge is 0.341 e. The van der Waals surface area contributed by atoms with Crippen molar-refractivity contribution < 1.29 is 23.1 Å². The highest BCUT2D eigenvalue weighted by atomic mass is 31.2. The molecule has 6 heteroatoms. The van der Waals surface area contributed by atoms with Gasteiger partial charge in [0.2, 0.25) is 0 Å². The molecule has 92 valence electrons. The summed E-state index contributed by atoms with van der Waals surface area (Å²) in [5.74, 6) is 1.70. The Morgan fingerprint density at radius 3 is 2.31 bits per heavy atom. The van der Waals surface area contributed by atoms with Gasteiger partial charge in [0.15, 0.2) is 0 Å². The third-order valence-electron chi connectivity index (χ3n) is 1.48. The first kappa shape index (κ1) is 15.2. The predicted octanol–water partition coefficient (Wildman–Crippen LogP) is 1.82. The first-order valence-electron chi connectivity index (χ1n) is 5.05. The fraction of sp³-hybridized carbons (Fsp3) is 0.700. The van der Waals surface area contributed by atoms with Gasteiger partial charge in [-0.25, -0.2) is 0 Å². The van der Waals surface area contributed by atoms with Gasteiger partial charge in [-0.05, 0) is 13.8 Å². The highest BCUT2D eigenvalue weighted by molar-refractivity contribution is 7.54. The number of carbonyl (C=O) groups is 1. The van der Waals surface area contributed by atoms with Crippen molar-refractivity contribution in [3.05, 3.63) is 0 Å². The minimum Gasteiger partial charge on any atom is -0.464 e. The summed E-state index contributed by atoms with van der Waals surface area (Å²) in [4.78, 5) is 11.3. The summed E-state index contributed by atoms with van der Waals surface area (Å²) in [6.07, 6.45) is 4.95. The van der Waals surface area contributed by atoms with Crippen LogP contribution < -0.4 is 0 Å². The quantitative estimate of drug-likeness (QED) is 0.284. The molecule has 0 spiro atoms. The maximum atomic E-state index is 11.9. The van der Waals surface area contributed by atoms with Gasteiger partial charge in [-0.2, -0.15) is 0 Å². The van der Waals surface area contributed by atoms with Gasteiger partial charge in [0.05, 0.1) is 13.2 Å². The molecule has 0 heterocycles. The summed E-state index contributed by atoms with van der Waals surface area (Å²) in [6, 6.07) is 0. The maximum absolute atomic E-state index is 11.9. The Hall–Kier alpha value is -0.820. The van der Waals surface area contributed by atoms with Gasteiger partial charge in [0, 0.05) is 6.42 Å². The largest absolute Gasteiger partial charge is 0.464 e. The third-order valence-corrected chi connectivity index (χ3v) is 3.43. The van der Waals surface area contributed by atoms with Crippen molar-refractivity contribution in [3.8, 4) is 12.3 Å². The van der Waals surface area contributed by atoms with E-state index in [2.05, 4.69) is 5.92 Å². The van der Waals surface area contributed by atoms with Crippen molar-refractivity contribution in [1.29, 1.82) is 0 Å². The predicted molar refractivity (Wildman–Crippen MR) is 60.1 cm³/mol. The van der Waals surface area contributed by atoms with E-state index in [9.17, 15) is 9.36 Å². The lowest BCUT2D eigenvalue weighted by atomic mass is 10.5. The van der Waals surface area contributed by atoms with Gasteiger partial charge in [-0.3, -0.25) is 9.36 Å². The van der Waals surface area contributed by atoms with E-state index >= 15 is 0 Å². The van der Waals surface area contributed by atoms with Gasteiger partial charge in [0.25, 0.3) is 0 Å². The summed E-state index contributed by atoms with van der Waals surface area (Å²) in [7, 11) is -3.35. The molecule has 0 saturated carbocycles. The summed E-state index contributed by atoms with van der Waals surface area (Å²) >= 11 is 0. The van der Waals surface area contributed by atoms with E-state index < -0.39 is 13.6 Å². The molecule has 0 aliphatic carbocycles. The van der Waals surface area contributed by atoms with Crippen LogP contribution in [-0.2, 0) is 23.1 Å². The van der Waals surface area contributed by atoms with Gasteiger partial charge >= 0.3 is 13.6 Å². The molecule has 0 atom stereocenters. The highest BCUT2D eigenvalue weighted by Gasteiger charge is 2.28.